The largest absolute Gasteiger partial charge is 0.419 e. The van der Waals surface area contributed by atoms with Gasteiger partial charge in [0.15, 0.2) is 0 Å². The summed E-state index contributed by atoms with van der Waals surface area (Å²) in [7, 11) is 1.62. The lowest BCUT2D eigenvalue weighted by Crippen LogP contribution is -2.19. The fraction of sp³-hybridized carbons (Fsp3) is 0.444. The van der Waals surface area contributed by atoms with Crippen molar-refractivity contribution >= 4 is 11.9 Å². The second-order valence-electron chi connectivity index (χ2n) is 3.29. The molecular formula is C9H10N2O4. The van der Waals surface area contributed by atoms with E-state index in [0.29, 0.717) is 5.69 Å². The zero-order valence-electron chi connectivity index (χ0n) is 8.44. The number of esters is 2. The molecule has 0 amide bonds. The van der Waals surface area contributed by atoms with Gasteiger partial charge in [0.1, 0.15) is 5.69 Å². The summed E-state index contributed by atoms with van der Waals surface area (Å²) in [4.78, 5) is 22.5. The number of ether oxygens (including phenoxy) is 2. The molecule has 1 aromatic rings. The molecule has 0 bridgehead atoms. The van der Waals surface area contributed by atoms with Crippen LogP contribution in [0.2, 0.25) is 0 Å². The highest BCUT2D eigenvalue weighted by molar-refractivity contribution is 5.82. The molecule has 0 spiro atoms. The second-order valence-corrected chi connectivity index (χ2v) is 3.29. The van der Waals surface area contributed by atoms with Gasteiger partial charge in [-0.3, -0.25) is 9.59 Å². The molecule has 80 valence electrons. The average molecular weight is 210 g/mol. The van der Waals surface area contributed by atoms with Gasteiger partial charge in [-0.05, 0) is 6.92 Å². The van der Waals surface area contributed by atoms with Gasteiger partial charge in [-0.2, -0.15) is 5.10 Å². The highest BCUT2D eigenvalue weighted by Crippen LogP contribution is 2.32. The molecule has 0 saturated heterocycles. The molecule has 0 unspecified atom stereocenters. The van der Waals surface area contributed by atoms with Gasteiger partial charge in [0.25, 0.3) is 5.88 Å². The summed E-state index contributed by atoms with van der Waals surface area (Å²) in [5, 5.41) is 4.01. The fourth-order valence-electron chi connectivity index (χ4n) is 1.38. The van der Waals surface area contributed by atoms with Crippen molar-refractivity contribution in [2.45, 2.75) is 19.8 Å². The molecule has 2 rings (SSSR count). The molecule has 0 saturated carbocycles. The van der Waals surface area contributed by atoms with Crippen LogP contribution in [0.5, 0.6) is 11.6 Å². The van der Waals surface area contributed by atoms with E-state index in [4.69, 9.17) is 9.47 Å². The molecule has 0 aromatic carbocycles. The van der Waals surface area contributed by atoms with E-state index in [0.717, 1.165) is 0 Å². The molecular weight excluding hydrogens is 200 g/mol. The normalized spacial score (nSPS) is 16.1. The van der Waals surface area contributed by atoms with Gasteiger partial charge in [-0.25, -0.2) is 4.68 Å². The lowest BCUT2D eigenvalue weighted by Gasteiger charge is -2.10. The fourth-order valence-corrected chi connectivity index (χ4v) is 1.38. The first-order chi connectivity index (χ1) is 7.08. The lowest BCUT2D eigenvalue weighted by atomic mass is 10.3. The summed E-state index contributed by atoms with van der Waals surface area (Å²) in [6.45, 7) is 1.68. The van der Waals surface area contributed by atoms with Gasteiger partial charge < -0.3 is 9.47 Å². The van der Waals surface area contributed by atoms with E-state index >= 15 is 0 Å². The van der Waals surface area contributed by atoms with Gasteiger partial charge in [-0.1, -0.05) is 0 Å². The minimum Gasteiger partial charge on any atom is -0.419 e. The first-order valence-electron chi connectivity index (χ1n) is 4.53. The van der Waals surface area contributed by atoms with Crippen LogP contribution in [0.15, 0.2) is 0 Å². The van der Waals surface area contributed by atoms with Crippen molar-refractivity contribution in [3.8, 4) is 11.6 Å². The molecule has 1 aromatic heterocycles. The van der Waals surface area contributed by atoms with Crippen LogP contribution in [0.1, 0.15) is 18.5 Å². The topological polar surface area (TPSA) is 70.4 Å². The van der Waals surface area contributed by atoms with Crippen LogP contribution in [0.4, 0.5) is 0 Å². The van der Waals surface area contributed by atoms with Crippen LogP contribution in [0.3, 0.4) is 0 Å². The van der Waals surface area contributed by atoms with Gasteiger partial charge in [-0.15, -0.1) is 0 Å². The summed E-state index contributed by atoms with van der Waals surface area (Å²) in [6.07, 6.45) is 0.0646. The molecule has 15 heavy (non-hydrogen) atoms. The molecule has 0 N–H and O–H groups in total. The third-order valence-electron chi connectivity index (χ3n) is 2.08. The molecule has 0 radical (unpaired) electrons. The average Bonchev–Trinajstić information content (AvgIpc) is 2.39. The van der Waals surface area contributed by atoms with Crippen molar-refractivity contribution in [1.82, 2.24) is 9.78 Å². The van der Waals surface area contributed by atoms with Crippen LogP contribution in [-0.4, -0.2) is 21.7 Å². The predicted octanol–water partition coefficient (Wildman–Crippen LogP) is 0.333. The first-order valence-corrected chi connectivity index (χ1v) is 4.53. The van der Waals surface area contributed by atoms with Gasteiger partial charge in [0.05, 0.1) is 12.8 Å². The molecule has 0 fully saturated rings. The van der Waals surface area contributed by atoms with Crippen molar-refractivity contribution in [2.75, 3.05) is 0 Å². The summed E-state index contributed by atoms with van der Waals surface area (Å²) in [5.74, 6) is -0.471. The maximum Gasteiger partial charge on any atom is 0.313 e. The predicted molar refractivity (Wildman–Crippen MR) is 48.4 cm³/mol. The summed E-state index contributed by atoms with van der Waals surface area (Å²) >= 11 is 0. The number of fused-ring (bicyclic) bond motifs is 1. The molecule has 1 aliphatic heterocycles. The van der Waals surface area contributed by atoms with Gasteiger partial charge >= 0.3 is 11.9 Å². The van der Waals surface area contributed by atoms with Crippen LogP contribution in [-0.2, 0) is 16.6 Å². The molecule has 6 nitrogen and oxygen atoms in total. The van der Waals surface area contributed by atoms with Gasteiger partial charge in [0.2, 0.25) is 5.75 Å². The Balaban J connectivity index is 2.47. The number of nitrogens with zero attached hydrogens (tertiary/aromatic N) is 2. The van der Waals surface area contributed by atoms with E-state index in [-0.39, 0.29) is 24.5 Å². The number of rotatable bonds is 0. The zero-order chi connectivity index (χ0) is 11.0. The van der Waals surface area contributed by atoms with Crippen molar-refractivity contribution in [2.24, 2.45) is 7.05 Å². The third kappa shape index (κ3) is 1.70. The SMILES string of the molecule is Cc1nn(C)c2c1OC(=O)CCC(=O)O2. The maximum absolute atomic E-state index is 11.2. The van der Waals surface area contributed by atoms with Crippen molar-refractivity contribution < 1.29 is 19.1 Å². The minimum atomic E-state index is -0.448. The van der Waals surface area contributed by atoms with Crippen LogP contribution < -0.4 is 9.47 Å². The van der Waals surface area contributed by atoms with Gasteiger partial charge in [0, 0.05) is 7.05 Å². The van der Waals surface area contributed by atoms with Crippen molar-refractivity contribution in [1.29, 1.82) is 0 Å². The Hall–Kier alpha value is -1.85. The monoisotopic (exact) mass is 210 g/mol. The number of hydrogen-bond donors (Lipinski definition) is 0. The third-order valence-corrected chi connectivity index (χ3v) is 2.08. The number of carbonyl (C=O) groups is 2. The zero-order valence-corrected chi connectivity index (χ0v) is 8.44. The summed E-state index contributed by atoms with van der Waals surface area (Å²) < 4.78 is 11.4. The number of aryl methyl sites for hydroxylation is 2. The minimum absolute atomic E-state index is 0.0303. The second kappa shape index (κ2) is 3.38. The Bertz CT molecular complexity index is 397. The maximum atomic E-state index is 11.2. The Labute approximate surface area is 85.8 Å². The number of aromatic nitrogens is 2. The van der Waals surface area contributed by atoms with E-state index in [1.807, 2.05) is 0 Å². The summed E-state index contributed by atoms with van der Waals surface area (Å²) in [6, 6.07) is 0. The number of carbonyl (C=O) groups excluding carboxylic acids is 2. The van der Waals surface area contributed by atoms with Crippen molar-refractivity contribution in [3.05, 3.63) is 5.69 Å². The Morgan fingerprint density at radius 2 is 1.80 bits per heavy atom. The molecule has 2 heterocycles. The van der Waals surface area contributed by atoms with Crippen LogP contribution in [0, 0.1) is 6.92 Å². The molecule has 0 aliphatic carbocycles. The smallest absolute Gasteiger partial charge is 0.313 e. The van der Waals surface area contributed by atoms with Crippen molar-refractivity contribution in [3.63, 3.8) is 0 Å². The van der Waals surface area contributed by atoms with Crippen LogP contribution in [0.25, 0.3) is 0 Å². The highest BCUT2D eigenvalue weighted by atomic mass is 16.6. The molecule has 0 atom stereocenters. The van der Waals surface area contributed by atoms with E-state index in [1.54, 1.807) is 14.0 Å². The van der Waals surface area contributed by atoms with E-state index < -0.39 is 11.9 Å². The lowest BCUT2D eigenvalue weighted by molar-refractivity contribution is -0.143. The Kier molecular flexibility index (Phi) is 2.18. The standard InChI is InChI=1S/C9H10N2O4/c1-5-8-9(11(2)10-5)15-7(13)4-3-6(12)14-8/h3-4H2,1-2H3. The quantitative estimate of drug-likeness (QED) is 0.577. The Morgan fingerprint density at radius 1 is 1.20 bits per heavy atom. The number of hydrogen-bond acceptors (Lipinski definition) is 5. The van der Waals surface area contributed by atoms with E-state index in [2.05, 4.69) is 5.10 Å². The molecule has 6 heteroatoms. The summed E-state index contributed by atoms with van der Waals surface area (Å²) in [5.41, 5.74) is 0.524. The molecule has 1 aliphatic rings. The van der Waals surface area contributed by atoms with E-state index in [1.165, 1.54) is 4.68 Å². The van der Waals surface area contributed by atoms with Crippen LogP contribution >= 0.6 is 0 Å². The van der Waals surface area contributed by atoms with E-state index in [9.17, 15) is 9.59 Å². The highest BCUT2D eigenvalue weighted by Gasteiger charge is 2.25. The first kappa shape index (κ1) is 9.70. The Morgan fingerprint density at radius 3 is 2.47 bits per heavy atom.